The van der Waals surface area contributed by atoms with Crippen LogP contribution in [0.4, 0.5) is 5.82 Å². The van der Waals surface area contributed by atoms with Gasteiger partial charge in [-0.2, -0.15) is 0 Å². The summed E-state index contributed by atoms with van der Waals surface area (Å²) in [5.74, 6) is 0.720. The standard InChI is InChI=1S/C12H12ClN3O3S/c1-8-7-9(3-4-10(8)19-2)20(17,18)16-12-6-5-11(13)14-15-12/h3-7H,1-2H3,(H,15,16). The minimum absolute atomic E-state index is 0.0999. The summed E-state index contributed by atoms with van der Waals surface area (Å²) in [7, 11) is -2.20. The van der Waals surface area contributed by atoms with E-state index in [1.807, 2.05) is 0 Å². The lowest BCUT2D eigenvalue weighted by atomic mass is 10.2. The summed E-state index contributed by atoms with van der Waals surface area (Å²) in [4.78, 5) is 0.118. The van der Waals surface area contributed by atoms with Crippen LogP contribution in [0, 0.1) is 6.92 Å². The molecular formula is C12H12ClN3O3S. The molecule has 0 aliphatic heterocycles. The number of aryl methyl sites for hydroxylation is 1. The van der Waals surface area contributed by atoms with Gasteiger partial charge in [-0.3, -0.25) is 4.72 Å². The molecule has 0 radical (unpaired) electrons. The van der Waals surface area contributed by atoms with Crippen LogP contribution in [0.25, 0.3) is 0 Å². The molecular weight excluding hydrogens is 302 g/mol. The van der Waals surface area contributed by atoms with Gasteiger partial charge in [0.1, 0.15) is 5.75 Å². The molecule has 1 heterocycles. The summed E-state index contributed by atoms with van der Waals surface area (Å²) in [6, 6.07) is 7.45. The van der Waals surface area contributed by atoms with E-state index in [0.29, 0.717) is 5.75 Å². The molecule has 1 N–H and O–H groups in total. The van der Waals surface area contributed by atoms with Gasteiger partial charge in [0.15, 0.2) is 11.0 Å². The van der Waals surface area contributed by atoms with Gasteiger partial charge >= 0.3 is 0 Å². The lowest BCUT2D eigenvalue weighted by Gasteiger charge is -2.09. The number of halogens is 1. The predicted molar refractivity (Wildman–Crippen MR) is 75.6 cm³/mol. The van der Waals surface area contributed by atoms with E-state index >= 15 is 0 Å². The summed E-state index contributed by atoms with van der Waals surface area (Å²) in [6.07, 6.45) is 0. The molecule has 0 aliphatic rings. The van der Waals surface area contributed by atoms with E-state index in [-0.39, 0.29) is 15.9 Å². The fourth-order valence-electron chi connectivity index (χ4n) is 1.59. The van der Waals surface area contributed by atoms with E-state index in [0.717, 1.165) is 5.56 Å². The maximum atomic E-state index is 12.2. The molecule has 0 saturated heterocycles. The first-order valence-corrected chi connectivity index (χ1v) is 7.45. The molecule has 1 aromatic carbocycles. The quantitative estimate of drug-likeness (QED) is 0.936. The van der Waals surface area contributed by atoms with Crippen LogP contribution in [0.15, 0.2) is 35.2 Å². The van der Waals surface area contributed by atoms with Crippen LogP contribution in [0.1, 0.15) is 5.56 Å². The van der Waals surface area contributed by atoms with Gasteiger partial charge in [-0.25, -0.2) is 8.42 Å². The van der Waals surface area contributed by atoms with E-state index in [4.69, 9.17) is 16.3 Å². The minimum atomic E-state index is -3.72. The highest BCUT2D eigenvalue weighted by molar-refractivity contribution is 7.92. The third-order valence-electron chi connectivity index (χ3n) is 2.55. The first kappa shape index (κ1) is 14.5. The summed E-state index contributed by atoms with van der Waals surface area (Å²) in [6.45, 7) is 1.76. The van der Waals surface area contributed by atoms with Crippen LogP contribution in [-0.2, 0) is 10.0 Å². The number of aromatic nitrogens is 2. The lowest BCUT2D eigenvalue weighted by Crippen LogP contribution is -2.14. The summed E-state index contributed by atoms with van der Waals surface area (Å²) in [5, 5.41) is 7.41. The highest BCUT2D eigenvalue weighted by atomic mass is 35.5. The summed E-state index contributed by atoms with van der Waals surface area (Å²) >= 11 is 5.59. The molecule has 2 aromatic rings. The second-order valence-corrected chi connectivity index (χ2v) is 6.05. The van der Waals surface area contributed by atoms with Crippen molar-refractivity contribution < 1.29 is 13.2 Å². The molecule has 0 aliphatic carbocycles. The second kappa shape index (κ2) is 5.64. The molecule has 0 fully saturated rings. The van der Waals surface area contributed by atoms with Crippen molar-refractivity contribution in [2.75, 3.05) is 11.8 Å². The first-order chi connectivity index (χ1) is 9.42. The minimum Gasteiger partial charge on any atom is -0.496 e. The Kier molecular flexibility index (Phi) is 4.10. The molecule has 0 unspecified atom stereocenters. The summed E-state index contributed by atoms with van der Waals surface area (Å²) < 4.78 is 31.8. The zero-order chi connectivity index (χ0) is 14.8. The van der Waals surface area contributed by atoms with Crippen LogP contribution in [0.2, 0.25) is 5.15 Å². The maximum Gasteiger partial charge on any atom is 0.263 e. The molecule has 0 bridgehead atoms. The van der Waals surface area contributed by atoms with Gasteiger partial charge in [-0.1, -0.05) is 11.6 Å². The second-order valence-electron chi connectivity index (χ2n) is 3.98. The Morgan fingerprint density at radius 1 is 1.20 bits per heavy atom. The van der Waals surface area contributed by atoms with E-state index < -0.39 is 10.0 Å². The average molecular weight is 314 g/mol. The Bertz CT molecular complexity index is 717. The zero-order valence-electron chi connectivity index (χ0n) is 10.8. The van der Waals surface area contributed by atoms with E-state index in [9.17, 15) is 8.42 Å². The fraction of sp³-hybridized carbons (Fsp3) is 0.167. The number of rotatable bonds is 4. The van der Waals surface area contributed by atoms with Gasteiger partial charge in [0.2, 0.25) is 0 Å². The normalized spacial score (nSPS) is 11.2. The van der Waals surface area contributed by atoms with Crippen molar-refractivity contribution >= 4 is 27.4 Å². The zero-order valence-corrected chi connectivity index (χ0v) is 12.4. The molecule has 0 saturated carbocycles. The van der Waals surface area contributed by atoms with Crippen LogP contribution in [0.5, 0.6) is 5.75 Å². The molecule has 1 aromatic heterocycles. The Morgan fingerprint density at radius 3 is 2.50 bits per heavy atom. The molecule has 0 spiro atoms. The van der Waals surface area contributed by atoms with E-state index in [2.05, 4.69) is 14.9 Å². The van der Waals surface area contributed by atoms with Crippen molar-refractivity contribution in [2.24, 2.45) is 0 Å². The first-order valence-electron chi connectivity index (χ1n) is 5.59. The molecule has 8 heteroatoms. The SMILES string of the molecule is COc1ccc(S(=O)(=O)Nc2ccc(Cl)nn2)cc1C. The number of hydrogen-bond acceptors (Lipinski definition) is 5. The Labute approximate surface area is 121 Å². The highest BCUT2D eigenvalue weighted by Gasteiger charge is 2.16. The van der Waals surface area contributed by atoms with Gasteiger partial charge < -0.3 is 4.74 Å². The molecule has 2 rings (SSSR count). The lowest BCUT2D eigenvalue weighted by molar-refractivity contribution is 0.411. The smallest absolute Gasteiger partial charge is 0.263 e. The number of nitrogens with one attached hydrogen (secondary N) is 1. The third-order valence-corrected chi connectivity index (χ3v) is 4.10. The van der Waals surface area contributed by atoms with Crippen LogP contribution in [0.3, 0.4) is 0 Å². The predicted octanol–water partition coefficient (Wildman–Crippen LogP) is 2.25. The van der Waals surface area contributed by atoms with Crippen molar-refractivity contribution in [3.05, 3.63) is 41.0 Å². The Hall–Kier alpha value is -1.86. The average Bonchev–Trinajstić information content (AvgIpc) is 2.41. The third kappa shape index (κ3) is 3.17. The summed E-state index contributed by atoms with van der Waals surface area (Å²) in [5.41, 5.74) is 0.720. The van der Waals surface area contributed by atoms with Crippen molar-refractivity contribution in [3.8, 4) is 5.75 Å². The van der Waals surface area contributed by atoms with Gasteiger partial charge in [0.05, 0.1) is 12.0 Å². The van der Waals surface area contributed by atoms with Crippen molar-refractivity contribution in [3.63, 3.8) is 0 Å². The number of ether oxygens (including phenoxy) is 1. The van der Waals surface area contributed by atoms with Crippen LogP contribution < -0.4 is 9.46 Å². The Morgan fingerprint density at radius 2 is 1.95 bits per heavy atom. The number of benzene rings is 1. The van der Waals surface area contributed by atoms with E-state index in [1.165, 1.54) is 31.4 Å². The van der Waals surface area contributed by atoms with Crippen molar-refractivity contribution in [1.82, 2.24) is 10.2 Å². The van der Waals surface area contributed by atoms with E-state index in [1.54, 1.807) is 13.0 Å². The molecule has 106 valence electrons. The van der Waals surface area contributed by atoms with Gasteiger partial charge in [0.25, 0.3) is 10.0 Å². The molecule has 20 heavy (non-hydrogen) atoms. The number of anilines is 1. The van der Waals surface area contributed by atoms with Gasteiger partial charge in [-0.15, -0.1) is 10.2 Å². The van der Waals surface area contributed by atoms with Gasteiger partial charge in [-0.05, 0) is 42.8 Å². The maximum absolute atomic E-state index is 12.2. The van der Waals surface area contributed by atoms with Gasteiger partial charge in [0, 0.05) is 0 Å². The van der Waals surface area contributed by atoms with Crippen LogP contribution in [-0.4, -0.2) is 25.7 Å². The van der Waals surface area contributed by atoms with Crippen molar-refractivity contribution in [1.29, 1.82) is 0 Å². The van der Waals surface area contributed by atoms with Crippen molar-refractivity contribution in [2.45, 2.75) is 11.8 Å². The topological polar surface area (TPSA) is 81.2 Å². The number of methoxy groups -OCH3 is 1. The molecule has 6 nitrogen and oxygen atoms in total. The number of nitrogens with zero attached hydrogens (tertiary/aromatic N) is 2. The molecule has 0 atom stereocenters. The number of hydrogen-bond donors (Lipinski definition) is 1. The largest absolute Gasteiger partial charge is 0.496 e. The Balaban J connectivity index is 2.30. The molecule has 0 amide bonds. The number of sulfonamides is 1. The van der Waals surface area contributed by atoms with Crippen LogP contribution >= 0.6 is 11.6 Å². The highest BCUT2D eigenvalue weighted by Crippen LogP contribution is 2.22. The monoisotopic (exact) mass is 313 g/mol. The fourth-order valence-corrected chi connectivity index (χ4v) is 2.77.